The topological polar surface area (TPSA) is 42.7 Å². The van der Waals surface area contributed by atoms with Crippen LogP contribution in [0.2, 0.25) is 0 Å². The molecule has 1 N–H and O–H groups in total. The first-order valence-corrected chi connectivity index (χ1v) is 11.9. The molecule has 0 amide bonds. The summed E-state index contributed by atoms with van der Waals surface area (Å²) in [4.78, 5) is 0. The molecule has 0 aliphatic carbocycles. The van der Waals surface area contributed by atoms with E-state index in [1.165, 1.54) is 83.5 Å². The molecular weight excluding hydrogens is 344 g/mol. The van der Waals surface area contributed by atoms with Crippen LogP contribution in [0.15, 0.2) is 24.3 Å². The van der Waals surface area contributed by atoms with E-state index in [0.717, 1.165) is 24.0 Å². The molecule has 0 fully saturated rings. The van der Waals surface area contributed by atoms with Crippen LogP contribution < -0.4 is 5.32 Å². The molecule has 28 heavy (non-hydrogen) atoms. The van der Waals surface area contributed by atoms with Gasteiger partial charge in [-0.2, -0.15) is 0 Å². The van der Waals surface area contributed by atoms with Gasteiger partial charge in [0, 0.05) is 0 Å². The number of nitrogens with zero attached hydrogens (tertiary/aromatic N) is 3. The second-order valence-corrected chi connectivity index (χ2v) is 8.17. The van der Waals surface area contributed by atoms with Gasteiger partial charge in [0.05, 0.1) is 5.52 Å². The molecule has 0 saturated carbocycles. The number of aromatic nitrogens is 3. The normalized spacial score (nSPS) is 12.6. The van der Waals surface area contributed by atoms with Crippen LogP contribution >= 0.6 is 0 Å². The first-order valence-electron chi connectivity index (χ1n) is 11.9. The Balaban J connectivity index is 1.80. The van der Waals surface area contributed by atoms with Crippen molar-refractivity contribution >= 4 is 11.0 Å². The van der Waals surface area contributed by atoms with Gasteiger partial charge in [-0.3, -0.25) is 5.32 Å². The number of benzene rings is 1. The molecule has 158 valence electrons. The van der Waals surface area contributed by atoms with Gasteiger partial charge in [0.15, 0.2) is 0 Å². The van der Waals surface area contributed by atoms with Crippen molar-refractivity contribution in [2.24, 2.45) is 0 Å². The molecule has 0 saturated heterocycles. The smallest absolute Gasteiger partial charge is 0.113 e. The maximum absolute atomic E-state index is 4.48. The predicted octanol–water partition coefficient (Wildman–Crippen LogP) is 7.02. The third kappa shape index (κ3) is 8.30. The van der Waals surface area contributed by atoms with Crippen molar-refractivity contribution in [3.05, 3.63) is 24.3 Å². The largest absolute Gasteiger partial charge is 0.296 e. The molecule has 1 heterocycles. The molecule has 4 nitrogen and oxygen atoms in total. The van der Waals surface area contributed by atoms with Gasteiger partial charge in [-0.15, -0.1) is 5.10 Å². The third-order valence-electron chi connectivity index (χ3n) is 5.66. The van der Waals surface area contributed by atoms with Gasteiger partial charge >= 0.3 is 0 Å². The van der Waals surface area contributed by atoms with Crippen molar-refractivity contribution in [2.75, 3.05) is 6.54 Å². The van der Waals surface area contributed by atoms with Crippen LogP contribution in [0.1, 0.15) is 110 Å². The zero-order chi connectivity index (χ0) is 19.9. The summed E-state index contributed by atoms with van der Waals surface area (Å²) in [6.45, 7) is 5.63. The molecule has 1 atom stereocenters. The quantitative estimate of drug-likeness (QED) is 0.297. The summed E-state index contributed by atoms with van der Waals surface area (Å²) >= 11 is 0. The van der Waals surface area contributed by atoms with E-state index >= 15 is 0 Å². The van der Waals surface area contributed by atoms with Gasteiger partial charge in [-0.05, 0) is 37.9 Å². The van der Waals surface area contributed by atoms with Gasteiger partial charge in [-0.1, -0.05) is 102 Å². The average molecular weight is 387 g/mol. The maximum atomic E-state index is 4.48. The van der Waals surface area contributed by atoms with Crippen LogP contribution in [-0.4, -0.2) is 21.5 Å². The fraction of sp³-hybridized carbons (Fsp3) is 0.750. The summed E-state index contributed by atoms with van der Waals surface area (Å²) in [5.41, 5.74) is 2.14. The van der Waals surface area contributed by atoms with Crippen LogP contribution in [-0.2, 0) is 0 Å². The summed E-state index contributed by atoms with van der Waals surface area (Å²) in [5.74, 6) is 0. The molecule has 1 aromatic heterocycles. The highest BCUT2D eigenvalue weighted by molar-refractivity contribution is 5.73. The minimum Gasteiger partial charge on any atom is -0.296 e. The van der Waals surface area contributed by atoms with Crippen LogP contribution in [0.25, 0.3) is 11.0 Å². The standard InChI is InChI=1S/C24H42N4/c1-3-5-7-9-11-12-14-20-24(25-21-17-13-10-8-6-4-2)28-23-19-16-15-18-22(23)26-27-28/h15-16,18-19,24-25H,3-14,17,20-21H2,1-2H3. The summed E-state index contributed by atoms with van der Waals surface area (Å²) in [6.07, 6.45) is 18.8. The van der Waals surface area contributed by atoms with Crippen LogP contribution in [0.4, 0.5) is 0 Å². The molecule has 0 spiro atoms. The van der Waals surface area contributed by atoms with E-state index in [1.54, 1.807) is 0 Å². The van der Waals surface area contributed by atoms with E-state index < -0.39 is 0 Å². The number of fused-ring (bicyclic) bond motifs is 1. The maximum Gasteiger partial charge on any atom is 0.113 e. The Bertz CT molecular complexity index is 604. The lowest BCUT2D eigenvalue weighted by Crippen LogP contribution is -2.28. The SMILES string of the molecule is CCCCCCCCCC(NCCCCCCCC)n1nnc2ccccc21. The van der Waals surface area contributed by atoms with Crippen molar-refractivity contribution in [1.82, 2.24) is 20.3 Å². The second kappa shape index (κ2) is 14.6. The van der Waals surface area contributed by atoms with Crippen molar-refractivity contribution in [3.8, 4) is 0 Å². The molecule has 2 rings (SSSR count). The lowest BCUT2D eigenvalue weighted by Gasteiger charge is -2.19. The van der Waals surface area contributed by atoms with Crippen molar-refractivity contribution in [3.63, 3.8) is 0 Å². The number of para-hydroxylation sites is 1. The van der Waals surface area contributed by atoms with E-state index in [0.29, 0.717) is 0 Å². The molecule has 0 aliphatic heterocycles. The van der Waals surface area contributed by atoms with E-state index in [1.807, 2.05) is 6.07 Å². The van der Waals surface area contributed by atoms with Gasteiger partial charge < -0.3 is 0 Å². The van der Waals surface area contributed by atoms with Crippen molar-refractivity contribution in [1.29, 1.82) is 0 Å². The van der Waals surface area contributed by atoms with E-state index in [-0.39, 0.29) is 6.17 Å². The van der Waals surface area contributed by atoms with Crippen LogP contribution in [0.3, 0.4) is 0 Å². The Kier molecular flexibility index (Phi) is 11.9. The molecule has 0 radical (unpaired) electrons. The molecule has 0 aliphatic rings. The number of unbranched alkanes of at least 4 members (excludes halogenated alkanes) is 11. The second-order valence-electron chi connectivity index (χ2n) is 8.17. The van der Waals surface area contributed by atoms with Crippen LogP contribution in [0, 0.1) is 0 Å². The van der Waals surface area contributed by atoms with E-state index in [9.17, 15) is 0 Å². The molecular formula is C24H42N4. The van der Waals surface area contributed by atoms with Gasteiger partial charge in [0.2, 0.25) is 0 Å². The fourth-order valence-electron chi connectivity index (χ4n) is 3.90. The Hall–Kier alpha value is -1.42. The molecule has 1 unspecified atom stereocenters. The van der Waals surface area contributed by atoms with Gasteiger partial charge in [0.1, 0.15) is 11.7 Å². The average Bonchev–Trinajstić information content (AvgIpc) is 3.15. The third-order valence-corrected chi connectivity index (χ3v) is 5.66. The minimum atomic E-state index is 0.263. The number of nitrogens with one attached hydrogen (secondary N) is 1. The van der Waals surface area contributed by atoms with Gasteiger partial charge in [0.25, 0.3) is 0 Å². The minimum absolute atomic E-state index is 0.263. The zero-order valence-electron chi connectivity index (χ0n) is 18.3. The highest BCUT2D eigenvalue weighted by Crippen LogP contribution is 2.19. The highest BCUT2D eigenvalue weighted by atomic mass is 15.5. The monoisotopic (exact) mass is 386 g/mol. The Morgan fingerprint density at radius 1 is 0.786 bits per heavy atom. The summed E-state index contributed by atoms with van der Waals surface area (Å²) in [5, 5.41) is 12.6. The molecule has 4 heteroatoms. The first-order chi connectivity index (χ1) is 13.9. The number of rotatable bonds is 17. The first kappa shape index (κ1) is 22.9. The van der Waals surface area contributed by atoms with Gasteiger partial charge in [-0.25, -0.2) is 4.68 Å². The van der Waals surface area contributed by atoms with Crippen molar-refractivity contribution < 1.29 is 0 Å². The molecule has 0 bridgehead atoms. The highest BCUT2D eigenvalue weighted by Gasteiger charge is 2.14. The number of hydrogen-bond donors (Lipinski definition) is 1. The fourth-order valence-corrected chi connectivity index (χ4v) is 3.90. The number of hydrogen-bond acceptors (Lipinski definition) is 3. The van der Waals surface area contributed by atoms with E-state index in [4.69, 9.17) is 0 Å². The Labute approximate surface area is 172 Å². The summed E-state index contributed by atoms with van der Waals surface area (Å²) in [6, 6.07) is 8.31. The van der Waals surface area contributed by atoms with E-state index in [2.05, 4.69) is 52.4 Å². The summed E-state index contributed by atoms with van der Waals surface area (Å²) < 4.78 is 2.11. The molecule has 1 aromatic carbocycles. The van der Waals surface area contributed by atoms with Crippen LogP contribution in [0.5, 0.6) is 0 Å². The lowest BCUT2D eigenvalue weighted by atomic mass is 10.1. The predicted molar refractivity (Wildman–Crippen MR) is 121 cm³/mol. The Morgan fingerprint density at radius 3 is 2.11 bits per heavy atom. The lowest BCUT2D eigenvalue weighted by molar-refractivity contribution is 0.334. The zero-order valence-corrected chi connectivity index (χ0v) is 18.3. The Morgan fingerprint density at radius 2 is 1.39 bits per heavy atom. The van der Waals surface area contributed by atoms with Crippen molar-refractivity contribution in [2.45, 2.75) is 110 Å². The molecule has 2 aromatic rings. The summed E-state index contributed by atoms with van der Waals surface area (Å²) in [7, 11) is 0.